The van der Waals surface area contributed by atoms with Crippen LogP contribution in [0.3, 0.4) is 0 Å². The van der Waals surface area contributed by atoms with E-state index in [-0.39, 0.29) is 12.7 Å². The topological polar surface area (TPSA) is 59.6 Å². The van der Waals surface area contributed by atoms with Crippen LogP contribution < -0.4 is 20.1 Å². The molecule has 0 saturated heterocycles. The number of fused-ring (bicyclic) bond motifs is 1. The van der Waals surface area contributed by atoms with Crippen molar-refractivity contribution >= 4 is 21.8 Å². The van der Waals surface area contributed by atoms with E-state index < -0.39 is 0 Å². The van der Waals surface area contributed by atoms with Gasteiger partial charge in [0.1, 0.15) is 0 Å². The van der Waals surface area contributed by atoms with E-state index in [9.17, 15) is 4.79 Å². The highest BCUT2D eigenvalue weighted by atomic mass is 79.9. The number of amides is 1. The van der Waals surface area contributed by atoms with Crippen LogP contribution in [-0.4, -0.2) is 25.8 Å². The molecule has 0 radical (unpaired) electrons. The summed E-state index contributed by atoms with van der Waals surface area (Å²) in [5.74, 6) is 1.95. The maximum Gasteiger partial charge on any atom is 0.233 e. The average molecular weight is 343 g/mol. The van der Waals surface area contributed by atoms with Gasteiger partial charge in [-0.2, -0.15) is 0 Å². The molecule has 1 aromatic rings. The molecular formula is C14H19BrN2O3. The molecule has 2 N–H and O–H groups in total. The minimum Gasteiger partial charge on any atom is -0.454 e. The Hall–Kier alpha value is -1.27. The molecule has 0 aliphatic carbocycles. The summed E-state index contributed by atoms with van der Waals surface area (Å²) < 4.78 is 11.5. The van der Waals surface area contributed by atoms with Gasteiger partial charge in [-0.15, -0.1) is 0 Å². The van der Waals surface area contributed by atoms with Gasteiger partial charge in [0, 0.05) is 13.1 Å². The Balaban J connectivity index is 1.80. The zero-order valence-corrected chi connectivity index (χ0v) is 13.2. The number of nitrogens with one attached hydrogen (secondary N) is 2. The first-order valence-corrected chi connectivity index (χ1v) is 7.41. The molecule has 1 amide bonds. The molecule has 0 atom stereocenters. The van der Waals surface area contributed by atoms with Crippen LogP contribution in [-0.2, 0) is 11.3 Å². The molecule has 0 aromatic heterocycles. The molecule has 110 valence electrons. The Labute approximate surface area is 127 Å². The van der Waals surface area contributed by atoms with Crippen molar-refractivity contribution in [3.8, 4) is 11.5 Å². The number of hydrogen-bond donors (Lipinski definition) is 2. The minimum absolute atomic E-state index is 0.0125. The smallest absolute Gasteiger partial charge is 0.233 e. The lowest BCUT2D eigenvalue weighted by Crippen LogP contribution is -2.35. The lowest BCUT2D eigenvalue weighted by atomic mass is 10.2. The highest BCUT2D eigenvalue weighted by molar-refractivity contribution is 9.10. The van der Waals surface area contributed by atoms with Crippen LogP contribution >= 0.6 is 15.9 Å². The first-order valence-electron chi connectivity index (χ1n) is 6.61. The molecule has 0 fully saturated rings. The van der Waals surface area contributed by atoms with Crippen molar-refractivity contribution in [2.24, 2.45) is 5.92 Å². The lowest BCUT2D eigenvalue weighted by molar-refractivity contribution is -0.120. The monoisotopic (exact) mass is 342 g/mol. The summed E-state index contributed by atoms with van der Waals surface area (Å²) in [5.41, 5.74) is 1.04. The van der Waals surface area contributed by atoms with Gasteiger partial charge in [-0.3, -0.25) is 4.79 Å². The Morgan fingerprint density at radius 1 is 1.40 bits per heavy atom. The maximum absolute atomic E-state index is 11.6. The predicted octanol–water partition coefficient (Wildman–Crippen LogP) is 2.04. The molecule has 0 saturated carbocycles. The van der Waals surface area contributed by atoms with Crippen LogP contribution in [0, 0.1) is 5.92 Å². The second-order valence-corrected chi connectivity index (χ2v) is 5.97. The predicted molar refractivity (Wildman–Crippen MR) is 79.8 cm³/mol. The van der Waals surface area contributed by atoms with Crippen molar-refractivity contribution in [2.75, 3.05) is 19.9 Å². The molecule has 1 heterocycles. The molecule has 20 heavy (non-hydrogen) atoms. The average Bonchev–Trinajstić information content (AvgIpc) is 2.85. The molecule has 2 rings (SSSR count). The summed E-state index contributed by atoms with van der Waals surface area (Å²) in [5, 5.41) is 5.98. The Morgan fingerprint density at radius 2 is 2.20 bits per heavy atom. The van der Waals surface area contributed by atoms with Gasteiger partial charge >= 0.3 is 0 Å². The van der Waals surface area contributed by atoms with Crippen LogP contribution in [0.15, 0.2) is 16.6 Å². The summed E-state index contributed by atoms with van der Waals surface area (Å²) in [6.45, 7) is 6.00. The van der Waals surface area contributed by atoms with Crippen molar-refractivity contribution < 1.29 is 14.3 Å². The second kappa shape index (κ2) is 6.95. The largest absolute Gasteiger partial charge is 0.454 e. The molecule has 0 spiro atoms. The zero-order chi connectivity index (χ0) is 14.5. The molecular weight excluding hydrogens is 324 g/mol. The SMILES string of the molecule is CC(C)CNC(=O)CNCc1cc(Br)c2c(c1)OCO2. The fourth-order valence-electron chi connectivity index (χ4n) is 1.82. The fourth-order valence-corrected chi connectivity index (χ4v) is 2.43. The van der Waals surface area contributed by atoms with Crippen molar-refractivity contribution in [1.29, 1.82) is 0 Å². The van der Waals surface area contributed by atoms with E-state index in [1.165, 1.54) is 0 Å². The van der Waals surface area contributed by atoms with Gasteiger partial charge in [0.2, 0.25) is 12.7 Å². The number of benzene rings is 1. The fraction of sp³-hybridized carbons (Fsp3) is 0.500. The van der Waals surface area contributed by atoms with Gasteiger partial charge in [0.25, 0.3) is 0 Å². The number of halogens is 1. The Kier molecular flexibility index (Phi) is 5.25. The molecule has 1 aromatic carbocycles. The third-order valence-electron chi connectivity index (χ3n) is 2.81. The van der Waals surface area contributed by atoms with E-state index in [2.05, 4.69) is 40.4 Å². The molecule has 1 aliphatic rings. The van der Waals surface area contributed by atoms with Gasteiger partial charge in [0.15, 0.2) is 11.5 Å². The highest BCUT2D eigenvalue weighted by Crippen LogP contribution is 2.39. The van der Waals surface area contributed by atoms with Crippen molar-refractivity contribution in [2.45, 2.75) is 20.4 Å². The number of ether oxygens (including phenoxy) is 2. The number of carbonyl (C=O) groups excluding carboxylic acids is 1. The first kappa shape index (κ1) is 15.1. The van der Waals surface area contributed by atoms with E-state index in [0.717, 1.165) is 21.5 Å². The minimum atomic E-state index is 0.0125. The standard InChI is InChI=1S/C14H19BrN2O3/c1-9(2)5-17-13(18)7-16-6-10-3-11(15)14-12(4-10)19-8-20-14/h3-4,9,16H,5-8H2,1-2H3,(H,17,18). The van der Waals surface area contributed by atoms with Crippen LogP contribution in [0.4, 0.5) is 0 Å². The normalized spacial score (nSPS) is 12.8. The number of rotatable bonds is 6. The van der Waals surface area contributed by atoms with Crippen LogP contribution in [0.5, 0.6) is 11.5 Å². The zero-order valence-electron chi connectivity index (χ0n) is 11.7. The summed E-state index contributed by atoms with van der Waals surface area (Å²) in [7, 11) is 0. The molecule has 0 unspecified atom stereocenters. The van der Waals surface area contributed by atoms with Crippen LogP contribution in [0.2, 0.25) is 0 Å². The quantitative estimate of drug-likeness (QED) is 0.830. The van der Waals surface area contributed by atoms with Crippen molar-refractivity contribution in [3.05, 3.63) is 22.2 Å². The first-order chi connectivity index (χ1) is 9.56. The van der Waals surface area contributed by atoms with E-state index >= 15 is 0 Å². The highest BCUT2D eigenvalue weighted by Gasteiger charge is 2.17. The molecule has 1 aliphatic heterocycles. The molecule has 5 nitrogen and oxygen atoms in total. The molecule has 0 bridgehead atoms. The van der Waals surface area contributed by atoms with E-state index in [0.29, 0.717) is 25.6 Å². The van der Waals surface area contributed by atoms with E-state index in [1.54, 1.807) is 0 Å². The molecule has 6 heteroatoms. The van der Waals surface area contributed by atoms with Gasteiger partial charge in [0.05, 0.1) is 11.0 Å². The maximum atomic E-state index is 11.6. The number of hydrogen-bond acceptors (Lipinski definition) is 4. The third-order valence-corrected chi connectivity index (χ3v) is 3.40. The summed E-state index contributed by atoms with van der Waals surface area (Å²) in [6.07, 6.45) is 0. The Bertz CT molecular complexity index is 492. The summed E-state index contributed by atoms with van der Waals surface area (Å²) >= 11 is 3.45. The Morgan fingerprint density at radius 3 is 2.95 bits per heavy atom. The number of carbonyl (C=O) groups is 1. The van der Waals surface area contributed by atoms with Crippen molar-refractivity contribution in [3.63, 3.8) is 0 Å². The summed E-state index contributed by atoms with van der Waals surface area (Å²) in [4.78, 5) is 11.6. The second-order valence-electron chi connectivity index (χ2n) is 5.11. The third kappa shape index (κ3) is 4.11. The van der Waals surface area contributed by atoms with Gasteiger partial charge in [-0.25, -0.2) is 0 Å². The van der Waals surface area contributed by atoms with E-state index in [1.807, 2.05) is 12.1 Å². The van der Waals surface area contributed by atoms with Crippen LogP contribution in [0.25, 0.3) is 0 Å². The van der Waals surface area contributed by atoms with Gasteiger partial charge in [-0.1, -0.05) is 13.8 Å². The van der Waals surface area contributed by atoms with Gasteiger partial charge < -0.3 is 20.1 Å². The lowest BCUT2D eigenvalue weighted by Gasteiger charge is -2.09. The van der Waals surface area contributed by atoms with E-state index in [4.69, 9.17) is 9.47 Å². The van der Waals surface area contributed by atoms with Crippen LogP contribution in [0.1, 0.15) is 19.4 Å². The van der Waals surface area contributed by atoms with Gasteiger partial charge in [-0.05, 0) is 39.5 Å². The summed E-state index contributed by atoms with van der Waals surface area (Å²) in [6, 6.07) is 3.89. The van der Waals surface area contributed by atoms with Crippen molar-refractivity contribution in [1.82, 2.24) is 10.6 Å².